The van der Waals surface area contributed by atoms with Gasteiger partial charge >= 0.3 is 0 Å². The molecular formula is C16H31N3O2. The largest absolute Gasteiger partial charge is 0.375 e. The summed E-state index contributed by atoms with van der Waals surface area (Å²) in [5.41, 5.74) is 0. The topological polar surface area (TPSA) is 46.1 Å². The maximum absolute atomic E-state index is 5.91. The Labute approximate surface area is 129 Å². The van der Waals surface area contributed by atoms with Crippen molar-refractivity contribution in [1.29, 1.82) is 0 Å². The molecule has 0 aromatic carbocycles. The first kappa shape index (κ1) is 16.6. The van der Waals surface area contributed by atoms with Crippen molar-refractivity contribution in [3.05, 3.63) is 0 Å². The lowest BCUT2D eigenvalue weighted by atomic mass is 10.0. The molecule has 0 aromatic heterocycles. The standard InChI is InChI=1S/C16H31N3O2/c1-4-13(5-2)11-18-16(17-3)19-8-10-21-15(12-19)14-7-6-9-20-14/h13-15H,4-12H2,1-3H3,(H,17,18). The molecule has 2 rings (SSSR count). The summed E-state index contributed by atoms with van der Waals surface area (Å²) >= 11 is 0. The van der Waals surface area contributed by atoms with Crippen LogP contribution in [0.3, 0.4) is 0 Å². The Hall–Kier alpha value is -0.810. The molecule has 2 fully saturated rings. The maximum atomic E-state index is 5.91. The summed E-state index contributed by atoms with van der Waals surface area (Å²) in [5, 5.41) is 3.53. The lowest BCUT2D eigenvalue weighted by Gasteiger charge is -2.37. The normalized spacial score (nSPS) is 27.4. The van der Waals surface area contributed by atoms with Gasteiger partial charge in [0, 0.05) is 33.3 Å². The molecule has 0 aliphatic carbocycles. The minimum atomic E-state index is 0.188. The molecule has 0 radical (unpaired) electrons. The first-order chi connectivity index (χ1) is 10.3. The summed E-state index contributed by atoms with van der Waals surface area (Å²) in [4.78, 5) is 6.77. The van der Waals surface area contributed by atoms with Gasteiger partial charge in [-0.25, -0.2) is 0 Å². The minimum Gasteiger partial charge on any atom is -0.375 e. The second-order valence-electron chi connectivity index (χ2n) is 6.02. The Kier molecular flexibility index (Phi) is 6.77. The first-order valence-corrected chi connectivity index (χ1v) is 8.47. The van der Waals surface area contributed by atoms with Crippen molar-refractivity contribution in [2.45, 2.75) is 51.7 Å². The summed E-state index contributed by atoms with van der Waals surface area (Å²) in [6.07, 6.45) is 5.16. The van der Waals surface area contributed by atoms with E-state index in [0.29, 0.717) is 0 Å². The number of rotatable bonds is 5. The van der Waals surface area contributed by atoms with E-state index in [-0.39, 0.29) is 12.2 Å². The van der Waals surface area contributed by atoms with Crippen molar-refractivity contribution in [3.8, 4) is 0 Å². The van der Waals surface area contributed by atoms with E-state index in [1.165, 1.54) is 12.8 Å². The number of aliphatic imine (C=N–C) groups is 1. The van der Waals surface area contributed by atoms with Crippen LogP contribution in [0.25, 0.3) is 0 Å². The summed E-state index contributed by atoms with van der Waals surface area (Å²) in [5.74, 6) is 1.73. The Morgan fingerprint density at radius 1 is 1.24 bits per heavy atom. The van der Waals surface area contributed by atoms with Crippen molar-refractivity contribution in [2.24, 2.45) is 10.9 Å². The molecule has 122 valence electrons. The Bertz CT molecular complexity index is 325. The molecule has 1 N–H and O–H groups in total. The molecule has 0 saturated carbocycles. The van der Waals surface area contributed by atoms with E-state index in [1.54, 1.807) is 0 Å². The van der Waals surface area contributed by atoms with Crippen molar-refractivity contribution in [2.75, 3.05) is 39.9 Å². The van der Waals surface area contributed by atoms with Crippen molar-refractivity contribution < 1.29 is 9.47 Å². The monoisotopic (exact) mass is 297 g/mol. The number of nitrogens with zero attached hydrogens (tertiary/aromatic N) is 2. The van der Waals surface area contributed by atoms with Crippen molar-refractivity contribution in [3.63, 3.8) is 0 Å². The molecule has 21 heavy (non-hydrogen) atoms. The molecule has 5 heteroatoms. The predicted molar refractivity (Wildman–Crippen MR) is 85.7 cm³/mol. The average Bonchev–Trinajstić information content (AvgIpc) is 3.06. The van der Waals surface area contributed by atoms with Gasteiger partial charge in [-0.05, 0) is 18.8 Å². The van der Waals surface area contributed by atoms with Crippen LogP contribution in [0.2, 0.25) is 0 Å². The quantitative estimate of drug-likeness (QED) is 0.622. The van der Waals surface area contributed by atoms with Gasteiger partial charge in [-0.2, -0.15) is 0 Å². The number of nitrogens with one attached hydrogen (secondary N) is 1. The summed E-state index contributed by atoms with van der Waals surface area (Å²) < 4.78 is 11.7. The van der Waals surface area contributed by atoms with Crippen LogP contribution in [0, 0.1) is 5.92 Å². The summed E-state index contributed by atoms with van der Waals surface area (Å²) in [6, 6.07) is 0. The van der Waals surface area contributed by atoms with Crippen LogP contribution in [0.5, 0.6) is 0 Å². The maximum Gasteiger partial charge on any atom is 0.193 e. The highest BCUT2D eigenvalue weighted by atomic mass is 16.5. The number of hydrogen-bond donors (Lipinski definition) is 1. The molecule has 2 atom stereocenters. The third-order valence-electron chi connectivity index (χ3n) is 4.69. The van der Waals surface area contributed by atoms with Gasteiger partial charge in [-0.1, -0.05) is 26.7 Å². The lowest BCUT2D eigenvalue weighted by Crippen LogP contribution is -2.53. The molecule has 2 saturated heterocycles. The van der Waals surface area contributed by atoms with Crippen LogP contribution in [0.4, 0.5) is 0 Å². The molecule has 0 aromatic rings. The van der Waals surface area contributed by atoms with Crippen LogP contribution in [0.15, 0.2) is 4.99 Å². The zero-order valence-corrected chi connectivity index (χ0v) is 13.8. The van der Waals surface area contributed by atoms with E-state index in [0.717, 1.165) is 57.6 Å². The molecule has 0 amide bonds. The molecule has 2 aliphatic heterocycles. The summed E-state index contributed by atoms with van der Waals surface area (Å²) in [7, 11) is 1.87. The van der Waals surface area contributed by atoms with E-state index in [4.69, 9.17) is 9.47 Å². The Balaban J connectivity index is 1.85. The van der Waals surface area contributed by atoms with Gasteiger partial charge in [0.15, 0.2) is 5.96 Å². The first-order valence-electron chi connectivity index (χ1n) is 8.47. The van der Waals surface area contributed by atoms with Crippen LogP contribution >= 0.6 is 0 Å². The van der Waals surface area contributed by atoms with Gasteiger partial charge in [0.1, 0.15) is 6.10 Å². The third-order valence-corrected chi connectivity index (χ3v) is 4.69. The fourth-order valence-electron chi connectivity index (χ4n) is 3.13. The van der Waals surface area contributed by atoms with Gasteiger partial charge in [0.2, 0.25) is 0 Å². The van der Waals surface area contributed by atoms with E-state index in [2.05, 4.69) is 29.1 Å². The predicted octanol–water partition coefficient (Wildman–Crippen LogP) is 1.88. The molecule has 2 aliphatic rings. The smallest absolute Gasteiger partial charge is 0.193 e. The number of guanidine groups is 1. The van der Waals surface area contributed by atoms with Gasteiger partial charge in [0.25, 0.3) is 0 Å². The van der Waals surface area contributed by atoms with Gasteiger partial charge in [-0.3, -0.25) is 4.99 Å². The van der Waals surface area contributed by atoms with Crippen LogP contribution in [-0.2, 0) is 9.47 Å². The molecule has 2 unspecified atom stereocenters. The highest BCUT2D eigenvalue weighted by Gasteiger charge is 2.32. The van der Waals surface area contributed by atoms with E-state index in [1.807, 2.05) is 7.05 Å². The molecule has 0 bridgehead atoms. The van der Waals surface area contributed by atoms with Crippen LogP contribution in [-0.4, -0.2) is 63.0 Å². The van der Waals surface area contributed by atoms with E-state index in [9.17, 15) is 0 Å². The number of morpholine rings is 1. The van der Waals surface area contributed by atoms with Crippen LogP contribution < -0.4 is 5.32 Å². The zero-order chi connectivity index (χ0) is 15.1. The highest BCUT2D eigenvalue weighted by molar-refractivity contribution is 5.80. The van der Waals surface area contributed by atoms with Gasteiger partial charge in [0.05, 0.1) is 12.7 Å². The van der Waals surface area contributed by atoms with Crippen molar-refractivity contribution in [1.82, 2.24) is 10.2 Å². The lowest BCUT2D eigenvalue weighted by molar-refractivity contribution is -0.0817. The zero-order valence-electron chi connectivity index (χ0n) is 13.8. The van der Waals surface area contributed by atoms with E-state index < -0.39 is 0 Å². The fraction of sp³-hybridized carbons (Fsp3) is 0.938. The second kappa shape index (κ2) is 8.59. The van der Waals surface area contributed by atoms with Gasteiger partial charge < -0.3 is 19.7 Å². The minimum absolute atomic E-state index is 0.188. The van der Waals surface area contributed by atoms with Gasteiger partial charge in [-0.15, -0.1) is 0 Å². The SMILES string of the molecule is CCC(CC)CNC(=NC)N1CCOC(C2CCCO2)C1. The average molecular weight is 297 g/mol. The summed E-state index contributed by atoms with van der Waals surface area (Å²) in [6.45, 7) is 8.94. The Morgan fingerprint density at radius 3 is 2.62 bits per heavy atom. The van der Waals surface area contributed by atoms with Crippen LogP contribution in [0.1, 0.15) is 39.5 Å². The fourth-order valence-corrected chi connectivity index (χ4v) is 3.13. The number of hydrogen-bond acceptors (Lipinski definition) is 3. The molecular weight excluding hydrogens is 266 g/mol. The third kappa shape index (κ3) is 4.58. The van der Waals surface area contributed by atoms with E-state index >= 15 is 0 Å². The molecule has 5 nitrogen and oxygen atoms in total. The molecule has 0 spiro atoms. The Morgan fingerprint density at radius 2 is 2.00 bits per heavy atom. The molecule has 2 heterocycles. The second-order valence-corrected chi connectivity index (χ2v) is 6.02. The van der Waals surface area contributed by atoms with Crippen molar-refractivity contribution >= 4 is 5.96 Å². The highest BCUT2D eigenvalue weighted by Crippen LogP contribution is 2.21. The number of ether oxygens (including phenoxy) is 2.